The van der Waals surface area contributed by atoms with Crippen LogP contribution in [-0.4, -0.2) is 30.2 Å². The van der Waals surface area contributed by atoms with Gasteiger partial charge in [0.1, 0.15) is 0 Å². The van der Waals surface area contributed by atoms with Gasteiger partial charge in [-0.05, 0) is 19.8 Å². The smallest absolute Gasteiger partial charge is 0.319 e. The molecule has 0 aliphatic heterocycles. The molecule has 1 rings (SSSR count). The molecule has 1 unspecified atom stereocenters. The van der Waals surface area contributed by atoms with Crippen molar-refractivity contribution < 1.29 is 9.47 Å². The number of rotatable bonds is 7. The Morgan fingerprint density at radius 2 is 2.10 bits per heavy atom. The lowest BCUT2D eigenvalue weighted by molar-refractivity contribution is 0.351. The first-order valence-electron chi connectivity index (χ1n) is 6.72. The molecule has 0 bridgehead atoms. The van der Waals surface area contributed by atoms with Crippen molar-refractivity contribution in [2.45, 2.75) is 39.7 Å². The average molecular weight is 278 g/mol. The van der Waals surface area contributed by atoms with Gasteiger partial charge in [-0.2, -0.15) is 15.2 Å². The van der Waals surface area contributed by atoms with E-state index in [0.29, 0.717) is 17.1 Å². The fraction of sp³-hybridized carbons (Fsp3) is 0.571. The highest BCUT2D eigenvalue weighted by atomic mass is 16.5. The van der Waals surface area contributed by atoms with Gasteiger partial charge in [0.05, 0.1) is 31.5 Å². The van der Waals surface area contributed by atoms with E-state index in [4.69, 9.17) is 9.47 Å². The van der Waals surface area contributed by atoms with E-state index in [2.05, 4.69) is 27.1 Å². The quantitative estimate of drug-likeness (QED) is 0.716. The van der Waals surface area contributed by atoms with Crippen molar-refractivity contribution in [1.29, 1.82) is 0 Å². The second kappa shape index (κ2) is 8.24. The summed E-state index contributed by atoms with van der Waals surface area (Å²) in [5, 5.41) is 8.57. The first-order valence-corrected chi connectivity index (χ1v) is 6.72. The molecule has 0 aliphatic rings. The molecule has 1 aromatic rings. The van der Waals surface area contributed by atoms with Crippen LogP contribution >= 0.6 is 0 Å². The largest absolute Gasteiger partial charge is 0.480 e. The van der Waals surface area contributed by atoms with Crippen LogP contribution < -0.4 is 9.47 Å². The van der Waals surface area contributed by atoms with Gasteiger partial charge >= 0.3 is 6.01 Å². The Morgan fingerprint density at radius 1 is 1.35 bits per heavy atom. The Balaban J connectivity index is 3.15. The van der Waals surface area contributed by atoms with Gasteiger partial charge in [-0.15, -0.1) is 0 Å². The normalized spacial score (nSPS) is 13.6. The van der Waals surface area contributed by atoms with Crippen molar-refractivity contribution in [3.05, 3.63) is 17.8 Å². The van der Waals surface area contributed by atoms with E-state index in [1.54, 1.807) is 13.3 Å². The molecule has 6 heteroatoms. The van der Waals surface area contributed by atoms with Crippen molar-refractivity contribution in [2.75, 3.05) is 14.2 Å². The molecule has 0 saturated carbocycles. The Bertz CT molecular complexity index is 486. The predicted molar refractivity (Wildman–Crippen MR) is 78.0 cm³/mol. The number of hydrogen-bond acceptors (Lipinski definition) is 6. The van der Waals surface area contributed by atoms with Gasteiger partial charge in [-0.3, -0.25) is 0 Å². The summed E-state index contributed by atoms with van der Waals surface area (Å²) in [6.45, 7) is 6.13. The monoisotopic (exact) mass is 278 g/mol. The van der Waals surface area contributed by atoms with E-state index >= 15 is 0 Å². The summed E-state index contributed by atoms with van der Waals surface area (Å²) < 4.78 is 10.3. The van der Waals surface area contributed by atoms with E-state index in [1.165, 1.54) is 7.11 Å². The third-order valence-electron chi connectivity index (χ3n) is 2.73. The molecule has 0 aliphatic carbocycles. The lowest BCUT2D eigenvalue weighted by atomic mass is 10.2. The molecule has 1 atom stereocenters. The highest BCUT2D eigenvalue weighted by Gasteiger charge is 2.12. The van der Waals surface area contributed by atoms with Crippen LogP contribution in [0.15, 0.2) is 22.5 Å². The number of methoxy groups -OCH3 is 2. The average Bonchev–Trinajstić information content (AvgIpc) is 2.50. The molecule has 20 heavy (non-hydrogen) atoms. The number of ether oxygens (including phenoxy) is 2. The minimum absolute atomic E-state index is 0.181. The predicted octanol–water partition coefficient (Wildman–Crippen LogP) is 3.50. The van der Waals surface area contributed by atoms with Crippen LogP contribution in [0.2, 0.25) is 0 Å². The Hall–Kier alpha value is -1.98. The van der Waals surface area contributed by atoms with E-state index in [1.807, 2.05) is 19.9 Å². The highest BCUT2D eigenvalue weighted by Crippen LogP contribution is 2.27. The molecule has 0 fully saturated rings. The number of azo groups is 1. The fourth-order valence-corrected chi connectivity index (χ4v) is 1.42. The third kappa shape index (κ3) is 4.29. The van der Waals surface area contributed by atoms with E-state index in [9.17, 15) is 0 Å². The number of nitrogens with zero attached hydrogens (tertiary/aromatic N) is 4. The first-order chi connectivity index (χ1) is 9.65. The first kappa shape index (κ1) is 16.1. The van der Waals surface area contributed by atoms with Gasteiger partial charge in [0.25, 0.3) is 0 Å². The molecule has 110 valence electrons. The SMILES string of the molecule is CC/C=C(\N=N/C(C)CC)c1cnc(OC)nc1OC. The minimum Gasteiger partial charge on any atom is -0.480 e. The Kier molecular flexibility index (Phi) is 6.63. The van der Waals surface area contributed by atoms with Crippen LogP contribution in [-0.2, 0) is 0 Å². The minimum atomic E-state index is 0.181. The molecule has 0 saturated heterocycles. The summed E-state index contributed by atoms with van der Waals surface area (Å²) in [6, 6.07) is 0.445. The second-order valence-corrected chi connectivity index (χ2v) is 4.25. The van der Waals surface area contributed by atoms with Crippen LogP contribution in [0.3, 0.4) is 0 Å². The molecule has 1 heterocycles. The van der Waals surface area contributed by atoms with E-state index in [0.717, 1.165) is 12.8 Å². The molecule has 1 aromatic heterocycles. The van der Waals surface area contributed by atoms with Crippen LogP contribution in [0.4, 0.5) is 0 Å². The van der Waals surface area contributed by atoms with Crippen LogP contribution in [0.5, 0.6) is 11.9 Å². The summed E-state index contributed by atoms with van der Waals surface area (Å²) in [6.07, 6.45) is 5.39. The number of allylic oxidation sites excluding steroid dienone is 1. The lowest BCUT2D eigenvalue weighted by Gasteiger charge is -2.08. The van der Waals surface area contributed by atoms with Gasteiger partial charge in [0.2, 0.25) is 5.88 Å². The molecule has 6 nitrogen and oxygen atoms in total. The maximum absolute atomic E-state index is 5.27. The highest BCUT2D eigenvalue weighted by molar-refractivity contribution is 5.67. The molecular formula is C14H22N4O2. The zero-order valence-corrected chi connectivity index (χ0v) is 12.8. The maximum atomic E-state index is 5.27. The van der Waals surface area contributed by atoms with Gasteiger partial charge in [-0.1, -0.05) is 19.9 Å². The number of hydrogen-bond donors (Lipinski definition) is 0. The Morgan fingerprint density at radius 3 is 2.65 bits per heavy atom. The van der Waals surface area contributed by atoms with Crippen molar-refractivity contribution in [3.8, 4) is 11.9 Å². The fourth-order valence-electron chi connectivity index (χ4n) is 1.42. The van der Waals surface area contributed by atoms with E-state index in [-0.39, 0.29) is 12.1 Å². The number of aromatic nitrogens is 2. The summed E-state index contributed by atoms with van der Waals surface area (Å²) in [5.41, 5.74) is 1.43. The zero-order valence-electron chi connectivity index (χ0n) is 12.8. The van der Waals surface area contributed by atoms with Gasteiger partial charge in [0.15, 0.2) is 0 Å². The summed E-state index contributed by atoms with van der Waals surface area (Å²) in [7, 11) is 3.07. The lowest BCUT2D eigenvalue weighted by Crippen LogP contribution is -2.00. The zero-order chi connectivity index (χ0) is 15.0. The standard InChI is InChI=1S/C14H22N4O2/c1-6-8-12(18-17-10(3)7-2)11-9-15-14(20-5)16-13(11)19-4/h8-10H,6-7H2,1-5H3/b12-8-,18-17-. The molecular weight excluding hydrogens is 256 g/mol. The molecule has 0 N–H and O–H groups in total. The molecule has 0 spiro atoms. The van der Waals surface area contributed by atoms with E-state index < -0.39 is 0 Å². The summed E-state index contributed by atoms with van der Waals surface area (Å²) in [5.74, 6) is 0.430. The van der Waals surface area contributed by atoms with Crippen LogP contribution in [0.25, 0.3) is 5.70 Å². The van der Waals surface area contributed by atoms with Crippen LogP contribution in [0, 0.1) is 0 Å². The maximum Gasteiger partial charge on any atom is 0.319 e. The molecule has 0 aromatic carbocycles. The third-order valence-corrected chi connectivity index (χ3v) is 2.73. The van der Waals surface area contributed by atoms with Crippen molar-refractivity contribution in [3.63, 3.8) is 0 Å². The molecule has 0 amide bonds. The van der Waals surface area contributed by atoms with Crippen LogP contribution in [0.1, 0.15) is 39.2 Å². The molecule has 0 radical (unpaired) electrons. The summed E-state index contributed by atoms with van der Waals surface area (Å²) >= 11 is 0. The van der Waals surface area contributed by atoms with Crippen molar-refractivity contribution in [2.24, 2.45) is 10.2 Å². The van der Waals surface area contributed by atoms with Gasteiger partial charge in [-0.25, -0.2) is 4.98 Å². The Labute approximate surface area is 120 Å². The van der Waals surface area contributed by atoms with Gasteiger partial charge < -0.3 is 9.47 Å². The van der Waals surface area contributed by atoms with Crippen molar-refractivity contribution >= 4 is 5.70 Å². The topological polar surface area (TPSA) is 69.0 Å². The second-order valence-electron chi connectivity index (χ2n) is 4.25. The summed E-state index contributed by atoms with van der Waals surface area (Å²) in [4.78, 5) is 8.26. The van der Waals surface area contributed by atoms with Gasteiger partial charge in [0, 0.05) is 6.20 Å². The van der Waals surface area contributed by atoms with Crippen molar-refractivity contribution in [1.82, 2.24) is 9.97 Å².